The lowest BCUT2D eigenvalue weighted by atomic mass is 9.96. The predicted octanol–water partition coefficient (Wildman–Crippen LogP) is 4.13. The number of nitrogens with zero attached hydrogens (tertiary/aromatic N) is 3. The molecule has 1 aromatic heterocycles. The molecular weight excluding hydrogens is 420 g/mol. The smallest absolute Gasteiger partial charge is 0.407 e. The Morgan fingerprint density at radius 2 is 1.67 bits per heavy atom. The third-order valence-corrected chi connectivity index (χ3v) is 5.96. The van der Waals surface area contributed by atoms with E-state index >= 15 is 0 Å². The molecule has 8 nitrogen and oxygen atoms in total. The van der Waals surface area contributed by atoms with Crippen molar-refractivity contribution in [1.29, 1.82) is 0 Å². The molecule has 0 aliphatic heterocycles. The maximum Gasteiger partial charge on any atom is 0.407 e. The van der Waals surface area contributed by atoms with Crippen LogP contribution in [0, 0.1) is 0 Å². The molecule has 2 N–H and O–H groups in total. The van der Waals surface area contributed by atoms with Crippen molar-refractivity contribution < 1.29 is 19.4 Å². The minimum Gasteiger partial charge on any atom is -0.480 e. The second kappa shape index (κ2) is 8.69. The van der Waals surface area contributed by atoms with Crippen molar-refractivity contribution in [3.8, 4) is 11.1 Å². The van der Waals surface area contributed by atoms with E-state index in [9.17, 15) is 14.7 Å². The van der Waals surface area contributed by atoms with Gasteiger partial charge in [0.15, 0.2) is 11.9 Å². The Hall–Kier alpha value is -3.68. The molecule has 33 heavy (non-hydrogen) atoms. The summed E-state index contributed by atoms with van der Waals surface area (Å²) in [6.07, 6.45) is 0.702. The van der Waals surface area contributed by atoms with Gasteiger partial charge in [-0.15, -0.1) is 0 Å². The largest absolute Gasteiger partial charge is 0.480 e. The van der Waals surface area contributed by atoms with Crippen molar-refractivity contribution in [3.63, 3.8) is 0 Å². The summed E-state index contributed by atoms with van der Waals surface area (Å²) in [4.78, 5) is 28.8. The minimum absolute atomic E-state index is 0.103. The average molecular weight is 449 g/mol. The molecular formula is C25H28N4O4. The van der Waals surface area contributed by atoms with E-state index in [4.69, 9.17) is 4.74 Å². The highest BCUT2D eigenvalue weighted by Gasteiger charge is 2.32. The molecule has 0 radical (unpaired) electrons. The lowest BCUT2D eigenvalue weighted by Gasteiger charge is -2.22. The van der Waals surface area contributed by atoms with Crippen LogP contribution in [0.1, 0.15) is 56.6 Å². The Bertz CT molecular complexity index is 1140. The third kappa shape index (κ3) is 4.46. The molecule has 0 fully saturated rings. The van der Waals surface area contributed by atoms with E-state index in [1.54, 1.807) is 6.92 Å². The van der Waals surface area contributed by atoms with Gasteiger partial charge in [-0.3, -0.25) is 0 Å². The van der Waals surface area contributed by atoms with E-state index < -0.39 is 24.1 Å². The summed E-state index contributed by atoms with van der Waals surface area (Å²) < 4.78 is 6.97. The number of ether oxygens (including phenoxy) is 1. The van der Waals surface area contributed by atoms with Crippen LogP contribution in [0.15, 0.2) is 54.9 Å². The Balaban J connectivity index is 1.45. The van der Waals surface area contributed by atoms with Crippen LogP contribution >= 0.6 is 0 Å². The lowest BCUT2D eigenvalue weighted by molar-refractivity contribution is -0.140. The van der Waals surface area contributed by atoms with E-state index in [1.165, 1.54) is 11.0 Å². The average Bonchev–Trinajstić information content (AvgIpc) is 3.39. The van der Waals surface area contributed by atoms with Gasteiger partial charge in [0, 0.05) is 11.3 Å². The van der Waals surface area contributed by atoms with Gasteiger partial charge in [0.05, 0.1) is 6.04 Å². The summed E-state index contributed by atoms with van der Waals surface area (Å²) >= 11 is 0. The first kappa shape index (κ1) is 22.5. The normalized spacial score (nSPS) is 14.8. The molecule has 1 heterocycles. The van der Waals surface area contributed by atoms with Crippen LogP contribution in [0.5, 0.6) is 0 Å². The summed E-state index contributed by atoms with van der Waals surface area (Å²) in [7, 11) is 0. The Labute approximate surface area is 192 Å². The van der Waals surface area contributed by atoms with Gasteiger partial charge < -0.3 is 15.2 Å². The first-order valence-electron chi connectivity index (χ1n) is 10.9. The zero-order valence-electron chi connectivity index (χ0n) is 19.1. The monoisotopic (exact) mass is 448 g/mol. The molecule has 0 saturated heterocycles. The van der Waals surface area contributed by atoms with Crippen molar-refractivity contribution in [1.82, 2.24) is 20.1 Å². The topological polar surface area (TPSA) is 106 Å². The Morgan fingerprint density at radius 3 is 2.18 bits per heavy atom. The lowest BCUT2D eigenvalue weighted by Crippen LogP contribution is -2.46. The van der Waals surface area contributed by atoms with E-state index in [2.05, 4.69) is 27.5 Å². The van der Waals surface area contributed by atoms with Gasteiger partial charge in [-0.1, -0.05) is 69.3 Å². The second-order valence-corrected chi connectivity index (χ2v) is 9.32. The minimum atomic E-state index is -1.23. The van der Waals surface area contributed by atoms with E-state index in [0.29, 0.717) is 5.82 Å². The quantitative estimate of drug-likeness (QED) is 0.587. The molecule has 1 aliphatic carbocycles. The van der Waals surface area contributed by atoms with Crippen LogP contribution in [0.2, 0.25) is 0 Å². The summed E-state index contributed by atoms with van der Waals surface area (Å²) in [6.45, 7) is 7.70. The fourth-order valence-electron chi connectivity index (χ4n) is 4.12. The third-order valence-electron chi connectivity index (χ3n) is 5.96. The number of benzene rings is 2. The van der Waals surface area contributed by atoms with Gasteiger partial charge in [-0.2, -0.15) is 5.10 Å². The number of aromatic nitrogens is 3. The highest BCUT2D eigenvalue weighted by Crippen LogP contribution is 2.44. The van der Waals surface area contributed by atoms with Crippen LogP contribution in [0.4, 0.5) is 4.79 Å². The molecule has 2 atom stereocenters. The number of amides is 1. The maximum atomic E-state index is 12.6. The molecule has 2 unspecified atom stereocenters. The van der Waals surface area contributed by atoms with Gasteiger partial charge in [0.2, 0.25) is 0 Å². The van der Waals surface area contributed by atoms with E-state index in [1.807, 2.05) is 57.2 Å². The zero-order valence-corrected chi connectivity index (χ0v) is 19.1. The molecule has 2 aromatic carbocycles. The fourth-order valence-corrected chi connectivity index (χ4v) is 4.12. The van der Waals surface area contributed by atoms with Crippen molar-refractivity contribution in [2.45, 2.75) is 51.1 Å². The Kier molecular flexibility index (Phi) is 5.93. The van der Waals surface area contributed by atoms with E-state index in [0.717, 1.165) is 22.3 Å². The first-order chi connectivity index (χ1) is 15.7. The van der Waals surface area contributed by atoms with Gasteiger partial charge >= 0.3 is 12.1 Å². The summed E-state index contributed by atoms with van der Waals surface area (Å²) in [5, 5.41) is 16.6. The number of carbonyl (C=O) groups excluding carboxylic acids is 1. The van der Waals surface area contributed by atoms with Crippen LogP contribution in [-0.2, 0) is 14.9 Å². The maximum absolute atomic E-state index is 12.6. The SMILES string of the molecule is CC(C(NC(=O)OCC1c2ccccc2-c2ccccc21)C(=O)O)n1cnc(C(C)(C)C)n1. The van der Waals surface area contributed by atoms with Crippen LogP contribution < -0.4 is 5.32 Å². The number of carboxylic acids is 1. The molecule has 8 heteroatoms. The predicted molar refractivity (Wildman–Crippen MR) is 123 cm³/mol. The van der Waals surface area contributed by atoms with Crippen molar-refractivity contribution in [2.24, 2.45) is 0 Å². The number of hydrogen-bond donors (Lipinski definition) is 2. The fraction of sp³-hybridized carbons (Fsp3) is 0.360. The molecule has 4 rings (SSSR count). The number of fused-ring (bicyclic) bond motifs is 3. The van der Waals surface area contributed by atoms with Gasteiger partial charge in [0.25, 0.3) is 0 Å². The van der Waals surface area contributed by atoms with Gasteiger partial charge in [-0.25, -0.2) is 19.3 Å². The van der Waals surface area contributed by atoms with Crippen molar-refractivity contribution in [2.75, 3.05) is 6.61 Å². The number of carboxylic acid groups (broad SMARTS) is 1. The molecule has 0 spiro atoms. The summed E-state index contributed by atoms with van der Waals surface area (Å²) in [6, 6.07) is 14.2. The van der Waals surface area contributed by atoms with Crippen LogP contribution in [-0.4, -0.2) is 44.6 Å². The number of alkyl carbamates (subject to hydrolysis) is 1. The molecule has 1 amide bonds. The number of hydrogen-bond acceptors (Lipinski definition) is 5. The molecule has 3 aromatic rings. The van der Waals surface area contributed by atoms with E-state index in [-0.39, 0.29) is 17.9 Å². The van der Waals surface area contributed by atoms with Crippen molar-refractivity contribution in [3.05, 3.63) is 71.8 Å². The number of aliphatic carboxylic acids is 1. The number of nitrogens with one attached hydrogen (secondary N) is 1. The zero-order chi connectivity index (χ0) is 23.8. The molecule has 0 saturated carbocycles. The van der Waals surface area contributed by atoms with Gasteiger partial charge in [0.1, 0.15) is 12.9 Å². The van der Waals surface area contributed by atoms with Crippen molar-refractivity contribution >= 4 is 12.1 Å². The highest BCUT2D eigenvalue weighted by atomic mass is 16.5. The highest BCUT2D eigenvalue weighted by molar-refractivity contribution is 5.81. The molecule has 0 bridgehead atoms. The standard InChI is InChI=1S/C25H28N4O4/c1-15(29-14-26-23(28-29)25(2,3)4)21(22(30)31)27-24(32)33-13-20-18-11-7-5-9-16(18)17-10-6-8-12-19(17)20/h5-12,14-15,20-21H,13H2,1-4H3,(H,27,32)(H,30,31). The Morgan fingerprint density at radius 1 is 1.09 bits per heavy atom. The summed E-state index contributed by atoms with van der Waals surface area (Å²) in [5.74, 6) is -0.683. The molecule has 172 valence electrons. The molecule has 1 aliphatic rings. The van der Waals surface area contributed by atoms with Gasteiger partial charge in [-0.05, 0) is 29.2 Å². The number of rotatable bonds is 6. The van der Waals surface area contributed by atoms with Crippen LogP contribution in [0.3, 0.4) is 0 Å². The van der Waals surface area contributed by atoms with Crippen LogP contribution in [0.25, 0.3) is 11.1 Å². The number of carbonyl (C=O) groups is 2. The first-order valence-corrected chi connectivity index (χ1v) is 10.9. The second-order valence-electron chi connectivity index (χ2n) is 9.32. The summed E-state index contributed by atoms with van der Waals surface area (Å²) in [5.41, 5.74) is 4.16.